The van der Waals surface area contributed by atoms with E-state index in [1.807, 2.05) is 24.3 Å². The third kappa shape index (κ3) is 3.02. The summed E-state index contributed by atoms with van der Waals surface area (Å²) in [4.78, 5) is -0.00807. The van der Waals surface area contributed by atoms with Crippen molar-refractivity contribution in [1.29, 1.82) is 0 Å². The lowest BCUT2D eigenvalue weighted by Gasteiger charge is -2.24. The van der Waals surface area contributed by atoms with Crippen LogP contribution in [0.5, 0.6) is 0 Å². The van der Waals surface area contributed by atoms with E-state index < -0.39 is 21.4 Å². The summed E-state index contributed by atoms with van der Waals surface area (Å²) in [6.45, 7) is 1.40. The molecule has 0 radical (unpaired) electrons. The fourth-order valence-corrected chi connectivity index (χ4v) is 4.11. The summed E-state index contributed by atoms with van der Waals surface area (Å²) in [7, 11) is -3.80. The summed E-state index contributed by atoms with van der Waals surface area (Å²) in [5.74, 6) is -0.452. The number of fused-ring (bicyclic) bond motifs is 1. The maximum Gasteiger partial charge on any atom is 0.240 e. The molecule has 0 heterocycles. The number of sulfonamides is 1. The maximum absolute atomic E-state index is 13.3. The Labute approximate surface area is 135 Å². The van der Waals surface area contributed by atoms with E-state index >= 15 is 0 Å². The highest BCUT2D eigenvalue weighted by Gasteiger charge is 2.37. The van der Waals surface area contributed by atoms with Gasteiger partial charge >= 0.3 is 0 Å². The molecule has 0 fully saturated rings. The van der Waals surface area contributed by atoms with Crippen molar-refractivity contribution in [2.45, 2.75) is 30.3 Å². The molecule has 2 N–H and O–H groups in total. The van der Waals surface area contributed by atoms with Crippen LogP contribution in [0.4, 0.5) is 4.39 Å². The first-order valence-corrected chi connectivity index (χ1v) is 8.87. The zero-order valence-electron chi connectivity index (χ0n) is 12.7. The quantitative estimate of drug-likeness (QED) is 0.900. The molecule has 1 unspecified atom stereocenters. The summed E-state index contributed by atoms with van der Waals surface area (Å²) >= 11 is 0. The predicted molar refractivity (Wildman–Crippen MR) is 85.0 cm³/mol. The summed E-state index contributed by atoms with van der Waals surface area (Å²) in [6.07, 6.45) is 1.18. The number of hydrogen-bond acceptors (Lipinski definition) is 3. The predicted octanol–water partition coefficient (Wildman–Crippen LogP) is 2.25. The molecule has 4 nitrogen and oxygen atoms in total. The van der Waals surface area contributed by atoms with Gasteiger partial charge in [0.15, 0.2) is 0 Å². The average molecular weight is 335 g/mol. The van der Waals surface area contributed by atoms with Gasteiger partial charge in [0.05, 0.1) is 4.90 Å². The van der Waals surface area contributed by atoms with E-state index in [1.54, 1.807) is 0 Å². The van der Waals surface area contributed by atoms with E-state index in [4.69, 9.17) is 0 Å². The highest BCUT2D eigenvalue weighted by atomic mass is 32.2. The van der Waals surface area contributed by atoms with E-state index in [1.165, 1.54) is 19.1 Å². The van der Waals surface area contributed by atoms with Crippen molar-refractivity contribution in [3.63, 3.8) is 0 Å². The molecule has 0 amide bonds. The number of halogens is 1. The topological polar surface area (TPSA) is 66.4 Å². The number of nitrogens with one attached hydrogen (secondary N) is 1. The van der Waals surface area contributed by atoms with Crippen LogP contribution in [0, 0.1) is 12.7 Å². The molecule has 0 aliphatic heterocycles. The van der Waals surface area contributed by atoms with Gasteiger partial charge in [0.2, 0.25) is 10.0 Å². The summed E-state index contributed by atoms with van der Waals surface area (Å²) in [5, 5.41) is 10.8. The molecule has 0 spiro atoms. The molecule has 1 aliphatic carbocycles. The molecule has 1 aliphatic rings. The molecule has 1 atom stereocenters. The van der Waals surface area contributed by atoms with Gasteiger partial charge in [-0.1, -0.05) is 24.3 Å². The Hall–Kier alpha value is -1.76. The monoisotopic (exact) mass is 335 g/mol. The molecule has 0 aromatic heterocycles. The smallest absolute Gasteiger partial charge is 0.240 e. The Kier molecular flexibility index (Phi) is 4.00. The van der Waals surface area contributed by atoms with E-state index in [0.29, 0.717) is 12.8 Å². The second kappa shape index (κ2) is 5.70. The first kappa shape index (κ1) is 16.1. The van der Waals surface area contributed by atoms with E-state index in [0.717, 1.165) is 17.2 Å². The van der Waals surface area contributed by atoms with Crippen LogP contribution in [0.1, 0.15) is 23.1 Å². The molecule has 0 saturated carbocycles. The van der Waals surface area contributed by atoms with Gasteiger partial charge in [0, 0.05) is 6.54 Å². The van der Waals surface area contributed by atoms with Crippen LogP contribution < -0.4 is 4.72 Å². The van der Waals surface area contributed by atoms with Gasteiger partial charge in [-0.05, 0) is 54.7 Å². The van der Waals surface area contributed by atoms with Crippen molar-refractivity contribution in [2.75, 3.05) is 6.54 Å². The lowest BCUT2D eigenvalue weighted by molar-refractivity contribution is 0.0442. The molecule has 0 saturated heterocycles. The van der Waals surface area contributed by atoms with Crippen LogP contribution >= 0.6 is 0 Å². The maximum atomic E-state index is 13.3. The van der Waals surface area contributed by atoms with Crippen LogP contribution in [0.15, 0.2) is 47.4 Å². The molecule has 6 heteroatoms. The second-order valence-electron chi connectivity index (χ2n) is 5.92. The largest absolute Gasteiger partial charge is 0.384 e. The van der Waals surface area contributed by atoms with Gasteiger partial charge in [-0.25, -0.2) is 17.5 Å². The third-order valence-electron chi connectivity index (χ3n) is 4.32. The van der Waals surface area contributed by atoms with Gasteiger partial charge in [0.1, 0.15) is 11.4 Å². The molecule has 23 heavy (non-hydrogen) atoms. The van der Waals surface area contributed by atoms with Gasteiger partial charge in [-0.2, -0.15) is 0 Å². The summed E-state index contributed by atoms with van der Waals surface area (Å²) in [5.41, 5.74) is 0.848. The zero-order valence-corrected chi connectivity index (χ0v) is 13.5. The van der Waals surface area contributed by atoms with Crippen LogP contribution in [0.3, 0.4) is 0 Å². The van der Waals surface area contributed by atoms with E-state index in [-0.39, 0.29) is 17.0 Å². The van der Waals surface area contributed by atoms with Gasteiger partial charge in [0.25, 0.3) is 0 Å². The Morgan fingerprint density at radius 3 is 2.74 bits per heavy atom. The molecule has 122 valence electrons. The SMILES string of the molecule is Cc1cc(S(=O)(=O)NCC2(O)CCc3ccccc32)ccc1F. The fraction of sp³-hybridized carbons (Fsp3) is 0.294. The van der Waals surface area contributed by atoms with Crippen molar-refractivity contribution in [1.82, 2.24) is 4.72 Å². The Morgan fingerprint density at radius 1 is 1.26 bits per heavy atom. The zero-order chi connectivity index (χ0) is 16.7. The molecule has 3 rings (SSSR count). The third-order valence-corrected chi connectivity index (χ3v) is 5.72. The highest BCUT2D eigenvalue weighted by Crippen LogP contribution is 2.36. The van der Waals surface area contributed by atoms with Gasteiger partial charge < -0.3 is 5.11 Å². The molecular formula is C17H18FNO3S. The normalized spacial score (nSPS) is 20.5. The first-order valence-electron chi connectivity index (χ1n) is 7.38. The number of aryl methyl sites for hydroxylation is 2. The fourth-order valence-electron chi connectivity index (χ4n) is 2.93. The van der Waals surface area contributed by atoms with Crippen molar-refractivity contribution < 1.29 is 17.9 Å². The molecule has 2 aromatic carbocycles. The van der Waals surface area contributed by atoms with Crippen LogP contribution in [0.2, 0.25) is 0 Å². The number of rotatable bonds is 4. The van der Waals surface area contributed by atoms with Crippen molar-refractivity contribution in [3.05, 3.63) is 65.0 Å². The minimum Gasteiger partial charge on any atom is -0.384 e. The number of aliphatic hydroxyl groups is 1. The average Bonchev–Trinajstić information content (AvgIpc) is 2.87. The minimum absolute atomic E-state index is 0.00807. The van der Waals surface area contributed by atoms with E-state index in [2.05, 4.69) is 4.72 Å². The second-order valence-corrected chi connectivity index (χ2v) is 7.69. The lowest BCUT2D eigenvalue weighted by Crippen LogP contribution is -2.39. The summed E-state index contributed by atoms with van der Waals surface area (Å²) in [6, 6.07) is 11.1. The summed E-state index contributed by atoms with van der Waals surface area (Å²) < 4.78 is 40.5. The number of benzene rings is 2. The molecular weight excluding hydrogens is 317 g/mol. The van der Waals surface area contributed by atoms with Crippen molar-refractivity contribution >= 4 is 10.0 Å². The van der Waals surface area contributed by atoms with Crippen LogP contribution in [-0.2, 0) is 22.0 Å². The van der Waals surface area contributed by atoms with Crippen LogP contribution in [-0.4, -0.2) is 20.1 Å². The lowest BCUT2D eigenvalue weighted by atomic mass is 9.96. The van der Waals surface area contributed by atoms with E-state index in [9.17, 15) is 17.9 Å². The number of hydrogen-bond donors (Lipinski definition) is 2. The van der Waals surface area contributed by atoms with Crippen LogP contribution in [0.25, 0.3) is 0 Å². The minimum atomic E-state index is -3.80. The Bertz CT molecular complexity index is 851. The Morgan fingerprint density at radius 2 is 2.00 bits per heavy atom. The highest BCUT2D eigenvalue weighted by molar-refractivity contribution is 7.89. The molecule has 2 aromatic rings. The van der Waals surface area contributed by atoms with Crippen molar-refractivity contribution in [2.24, 2.45) is 0 Å². The molecule has 0 bridgehead atoms. The van der Waals surface area contributed by atoms with Gasteiger partial charge in [-0.15, -0.1) is 0 Å². The first-order chi connectivity index (χ1) is 10.8. The van der Waals surface area contributed by atoms with Crippen molar-refractivity contribution in [3.8, 4) is 0 Å². The Balaban J connectivity index is 1.81. The van der Waals surface area contributed by atoms with Gasteiger partial charge in [-0.3, -0.25) is 0 Å². The standard InChI is InChI=1S/C17H18FNO3S/c1-12-10-14(6-7-16(12)18)23(21,22)19-11-17(20)9-8-13-4-2-3-5-15(13)17/h2-7,10,19-20H,8-9,11H2,1H3.